The van der Waals surface area contributed by atoms with E-state index in [9.17, 15) is 14.7 Å². The van der Waals surface area contributed by atoms with Crippen molar-refractivity contribution in [3.63, 3.8) is 0 Å². The molecule has 0 radical (unpaired) electrons. The molecule has 6 nitrogen and oxygen atoms in total. The zero-order valence-corrected chi connectivity index (χ0v) is 15.6. The van der Waals surface area contributed by atoms with Crippen molar-refractivity contribution in [1.82, 2.24) is 4.90 Å². The van der Waals surface area contributed by atoms with Crippen LogP contribution in [0.4, 0.5) is 0 Å². The quantitative estimate of drug-likeness (QED) is 0.634. The number of benzene rings is 1. The first-order valence-electron chi connectivity index (χ1n) is 8.32. The molecule has 1 atom stereocenters. The van der Waals surface area contributed by atoms with Gasteiger partial charge in [0.25, 0.3) is 0 Å². The summed E-state index contributed by atoms with van der Waals surface area (Å²) in [7, 11) is 4.29. The van der Waals surface area contributed by atoms with Crippen molar-refractivity contribution in [2.75, 3.05) is 21.3 Å². The van der Waals surface area contributed by atoms with Crippen molar-refractivity contribution in [2.24, 2.45) is 0 Å². The van der Waals surface area contributed by atoms with E-state index in [2.05, 4.69) is 6.58 Å². The molecule has 0 aromatic heterocycles. The number of aliphatic hydroxyl groups excluding tert-OH is 1. The zero-order chi connectivity index (χ0) is 20.0. The van der Waals surface area contributed by atoms with Gasteiger partial charge in [0.05, 0.1) is 38.0 Å². The van der Waals surface area contributed by atoms with Gasteiger partial charge in [0, 0.05) is 13.2 Å². The van der Waals surface area contributed by atoms with Gasteiger partial charge in [-0.3, -0.25) is 0 Å². The van der Waals surface area contributed by atoms with Crippen molar-refractivity contribution in [1.29, 1.82) is 0 Å². The average molecular weight is 369 g/mol. The van der Waals surface area contributed by atoms with Gasteiger partial charge in [0.1, 0.15) is 0 Å². The summed E-state index contributed by atoms with van der Waals surface area (Å²) in [6, 6.07) is 7.06. The molecule has 27 heavy (non-hydrogen) atoms. The molecule has 1 N–H and O–H groups in total. The van der Waals surface area contributed by atoms with Crippen LogP contribution < -0.4 is 0 Å². The Morgan fingerprint density at radius 2 is 1.74 bits per heavy atom. The normalized spacial score (nSPS) is 17.0. The van der Waals surface area contributed by atoms with E-state index in [1.807, 2.05) is 18.2 Å². The number of aliphatic hydroxyl groups is 1. The molecule has 1 aromatic carbocycles. The maximum absolute atomic E-state index is 12.4. The van der Waals surface area contributed by atoms with Crippen molar-refractivity contribution < 1.29 is 24.2 Å². The third-order valence-corrected chi connectivity index (χ3v) is 4.27. The number of likely N-dealkylation sites (N-methyl/N-ethyl adjacent to an activating group) is 1. The third kappa shape index (κ3) is 4.54. The number of carbonyl (C=O) groups excluding carboxylic acids is 2. The molecule has 1 unspecified atom stereocenters. The highest BCUT2D eigenvalue weighted by atomic mass is 16.5. The molecule has 0 aliphatic carbocycles. The first kappa shape index (κ1) is 20.2. The van der Waals surface area contributed by atoms with Crippen molar-refractivity contribution in [2.45, 2.75) is 12.6 Å². The molecule has 1 aliphatic rings. The summed E-state index contributed by atoms with van der Waals surface area (Å²) in [4.78, 5) is 26.4. The number of hydrogen-bond donors (Lipinski definition) is 1. The highest BCUT2D eigenvalue weighted by molar-refractivity contribution is 6.08. The minimum absolute atomic E-state index is 0.0597. The lowest BCUT2D eigenvalue weighted by molar-refractivity contribution is -0.139. The molecular formula is C21H23NO5. The van der Waals surface area contributed by atoms with Crippen molar-refractivity contribution in [3.05, 3.63) is 77.5 Å². The zero-order valence-electron chi connectivity index (χ0n) is 15.6. The fraction of sp³-hybridized carbons (Fsp3) is 0.238. The molecule has 1 heterocycles. The van der Waals surface area contributed by atoms with Gasteiger partial charge in [-0.15, -0.1) is 6.58 Å². The first-order valence-corrected chi connectivity index (χ1v) is 8.32. The van der Waals surface area contributed by atoms with Crippen molar-refractivity contribution >= 4 is 17.5 Å². The van der Waals surface area contributed by atoms with Crippen LogP contribution in [0.15, 0.2) is 66.4 Å². The van der Waals surface area contributed by atoms with Gasteiger partial charge in [-0.25, -0.2) is 9.59 Å². The Kier molecular flexibility index (Phi) is 6.73. The number of methoxy groups -OCH3 is 2. The van der Waals surface area contributed by atoms with Crippen LogP contribution in [0.2, 0.25) is 0 Å². The maximum Gasteiger partial charge on any atom is 0.340 e. The second-order valence-corrected chi connectivity index (χ2v) is 5.95. The standard InChI is InChI=1S/C21H23NO5/c1-5-17-10-16(15-8-6-14(13-23)7-9-15)11-18(20(24)26-3)19(12-22(17)2)21(25)27-4/h5-12,17,23H,1,13H2,2-4H3. The number of nitrogens with zero attached hydrogens (tertiary/aromatic N) is 1. The van der Waals surface area contributed by atoms with Gasteiger partial charge in [-0.2, -0.15) is 0 Å². The summed E-state index contributed by atoms with van der Waals surface area (Å²) in [5.41, 5.74) is 2.49. The molecule has 1 aliphatic heterocycles. The fourth-order valence-electron chi connectivity index (χ4n) is 2.71. The molecule has 6 heteroatoms. The molecule has 0 saturated carbocycles. The molecular weight excluding hydrogens is 346 g/mol. The molecule has 0 fully saturated rings. The average Bonchev–Trinajstić information content (AvgIpc) is 2.70. The largest absolute Gasteiger partial charge is 0.465 e. The van der Waals surface area contributed by atoms with Crippen LogP contribution in [0.5, 0.6) is 0 Å². The topological polar surface area (TPSA) is 76.1 Å². The van der Waals surface area contributed by atoms with Gasteiger partial charge in [0.15, 0.2) is 0 Å². The summed E-state index contributed by atoms with van der Waals surface area (Å²) >= 11 is 0. The lowest BCUT2D eigenvalue weighted by atomic mass is 9.95. The summed E-state index contributed by atoms with van der Waals surface area (Å²) in [6.07, 6.45) is 6.80. The Bertz CT molecular complexity index is 817. The summed E-state index contributed by atoms with van der Waals surface area (Å²) in [5.74, 6) is -1.28. The van der Waals surface area contributed by atoms with E-state index in [4.69, 9.17) is 9.47 Å². The Morgan fingerprint density at radius 1 is 1.15 bits per heavy atom. The molecule has 0 amide bonds. The fourth-order valence-corrected chi connectivity index (χ4v) is 2.71. The molecule has 0 spiro atoms. The van der Waals surface area contributed by atoms with E-state index in [0.717, 1.165) is 11.1 Å². The molecule has 0 saturated heterocycles. The lowest BCUT2D eigenvalue weighted by Gasteiger charge is -2.25. The van der Waals surface area contributed by atoms with E-state index in [0.29, 0.717) is 5.57 Å². The summed E-state index contributed by atoms with van der Waals surface area (Å²) in [6.45, 7) is 3.79. The number of allylic oxidation sites excluding steroid dienone is 2. The predicted octanol–water partition coefficient (Wildman–Crippen LogP) is 2.22. The van der Waals surface area contributed by atoms with Crippen LogP contribution in [0.3, 0.4) is 0 Å². The van der Waals surface area contributed by atoms with E-state index in [1.54, 1.807) is 42.4 Å². The first-order chi connectivity index (χ1) is 12.9. The van der Waals surface area contributed by atoms with E-state index in [1.165, 1.54) is 14.2 Å². The van der Waals surface area contributed by atoms with Crippen LogP contribution in [-0.4, -0.2) is 49.3 Å². The number of rotatable bonds is 5. The number of ether oxygens (including phenoxy) is 2. The molecule has 2 rings (SSSR count). The van der Waals surface area contributed by atoms with Gasteiger partial charge >= 0.3 is 11.9 Å². The second-order valence-electron chi connectivity index (χ2n) is 5.95. The predicted molar refractivity (Wildman–Crippen MR) is 102 cm³/mol. The smallest absolute Gasteiger partial charge is 0.340 e. The van der Waals surface area contributed by atoms with Crippen LogP contribution in [0, 0.1) is 0 Å². The number of esters is 2. The van der Waals surface area contributed by atoms with Gasteiger partial charge in [0.2, 0.25) is 0 Å². The van der Waals surface area contributed by atoms with Crippen LogP contribution in [-0.2, 0) is 25.7 Å². The summed E-state index contributed by atoms with van der Waals surface area (Å²) < 4.78 is 9.71. The van der Waals surface area contributed by atoms with Crippen LogP contribution in [0.25, 0.3) is 5.57 Å². The molecule has 1 aromatic rings. The minimum atomic E-state index is -0.644. The second kappa shape index (κ2) is 9.00. The summed E-state index contributed by atoms with van der Waals surface area (Å²) in [5, 5.41) is 9.24. The molecule has 0 bridgehead atoms. The Morgan fingerprint density at radius 3 is 2.26 bits per heavy atom. The van der Waals surface area contributed by atoms with Crippen molar-refractivity contribution in [3.8, 4) is 0 Å². The highest BCUT2D eigenvalue weighted by Gasteiger charge is 2.26. The number of hydrogen-bond acceptors (Lipinski definition) is 6. The Hall–Kier alpha value is -3.12. The third-order valence-electron chi connectivity index (χ3n) is 4.27. The van der Waals surface area contributed by atoms with Crippen LogP contribution >= 0.6 is 0 Å². The number of carbonyl (C=O) groups is 2. The van der Waals surface area contributed by atoms with E-state index >= 15 is 0 Å². The lowest BCUT2D eigenvalue weighted by Crippen LogP contribution is -2.27. The van der Waals surface area contributed by atoms with Gasteiger partial charge in [-0.1, -0.05) is 36.4 Å². The van der Waals surface area contributed by atoms with Crippen LogP contribution in [0.1, 0.15) is 11.1 Å². The maximum atomic E-state index is 12.4. The van der Waals surface area contributed by atoms with E-state index in [-0.39, 0.29) is 23.8 Å². The molecule has 142 valence electrons. The van der Waals surface area contributed by atoms with Gasteiger partial charge in [-0.05, 0) is 22.8 Å². The van der Waals surface area contributed by atoms with E-state index < -0.39 is 11.9 Å². The highest BCUT2D eigenvalue weighted by Crippen LogP contribution is 2.27. The Balaban J connectivity index is 2.69. The monoisotopic (exact) mass is 369 g/mol. The minimum Gasteiger partial charge on any atom is -0.465 e. The SMILES string of the molecule is C=CC1C=C(c2ccc(CO)cc2)C=C(C(=O)OC)C(C(=O)OC)=CN1C. The Labute approximate surface area is 158 Å². The van der Waals surface area contributed by atoms with Gasteiger partial charge < -0.3 is 19.5 Å².